The molecule has 2 aromatic carbocycles. The highest BCUT2D eigenvalue weighted by Gasteiger charge is 2.16. The van der Waals surface area contributed by atoms with Gasteiger partial charge in [0, 0.05) is 29.5 Å². The lowest BCUT2D eigenvalue weighted by molar-refractivity contribution is 0.0932. The second-order valence-corrected chi connectivity index (χ2v) is 6.37. The molecule has 3 N–H and O–H groups in total. The smallest absolute Gasteiger partial charge is 0.268 e. The molecule has 0 spiro atoms. The van der Waals surface area contributed by atoms with Gasteiger partial charge in [-0.05, 0) is 36.2 Å². The molecule has 0 saturated heterocycles. The maximum atomic E-state index is 12.6. The number of fused-ring (bicyclic) bond motifs is 1. The Hall–Kier alpha value is -2.30. The van der Waals surface area contributed by atoms with Gasteiger partial charge in [-0.25, -0.2) is 0 Å². The van der Waals surface area contributed by atoms with Crippen LogP contribution in [0, 0.1) is 0 Å². The van der Waals surface area contributed by atoms with E-state index < -0.39 is 0 Å². The van der Waals surface area contributed by atoms with Crippen molar-refractivity contribution in [1.29, 1.82) is 0 Å². The SMILES string of the molecule is C[C@@H](NC(=O)c1cc2ccc(Cl)cc2n1C)c1ccc(CN)cc1. The van der Waals surface area contributed by atoms with Crippen LogP contribution in [0.3, 0.4) is 0 Å². The lowest BCUT2D eigenvalue weighted by Gasteiger charge is -2.15. The average molecular weight is 342 g/mol. The minimum Gasteiger partial charge on any atom is -0.344 e. The van der Waals surface area contributed by atoms with Crippen LogP contribution in [-0.4, -0.2) is 10.5 Å². The fraction of sp³-hybridized carbons (Fsp3) is 0.211. The van der Waals surface area contributed by atoms with Crippen LogP contribution < -0.4 is 11.1 Å². The minimum absolute atomic E-state index is 0.0917. The number of nitrogens with two attached hydrogens (primary N) is 1. The van der Waals surface area contributed by atoms with Crippen LogP contribution in [0.15, 0.2) is 48.5 Å². The lowest BCUT2D eigenvalue weighted by atomic mass is 10.1. The molecule has 4 nitrogen and oxygen atoms in total. The molecule has 0 aliphatic carbocycles. The molecule has 1 atom stereocenters. The fourth-order valence-electron chi connectivity index (χ4n) is 2.82. The van der Waals surface area contributed by atoms with Crippen LogP contribution >= 0.6 is 11.6 Å². The number of carbonyl (C=O) groups is 1. The monoisotopic (exact) mass is 341 g/mol. The van der Waals surface area contributed by atoms with Gasteiger partial charge in [0.1, 0.15) is 5.69 Å². The molecule has 5 heteroatoms. The third-order valence-corrected chi connectivity index (χ3v) is 4.54. The molecule has 0 fully saturated rings. The minimum atomic E-state index is -0.111. The van der Waals surface area contributed by atoms with Crippen molar-refractivity contribution < 1.29 is 4.79 Å². The van der Waals surface area contributed by atoms with Crippen LogP contribution in [0.25, 0.3) is 10.9 Å². The molecule has 1 aromatic heterocycles. The largest absolute Gasteiger partial charge is 0.344 e. The van der Waals surface area contributed by atoms with Gasteiger partial charge < -0.3 is 15.6 Å². The Morgan fingerprint density at radius 1 is 1.21 bits per heavy atom. The van der Waals surface area contributed by atoms with Gasteiger partial charge >= 0.3 is 0 Å². The Morgan fingerprint density at radius 3 is 2.58 bits per heavy atom. The van der Waals surface area contributed by atoms with Gasteiger partial charge in [0.05, 0.1) is 6.04 Å². The Bertz CT molecular complexity index is 884. The molecule has 3 aromatic rings. The van der Waals surface area contributed by atoms with E-state index in [1.54, 1.807) is 0 Å². The zero-order chi connectivity index (χ0) is 17.3. The Kier molecular flexibility index (Phi) is 4.60. The summed E-state index contributed by atoms with van der Waals surface area (Å²) in [6.07, 6.45) is 0. The van der Waals surface area contributed by atoms with Crippen molar-refractivity contribution in [2.45, 2.75) is 19.5 Å². The predicted molar refractivity (Wildman–Crippen MR) is 98.1 cm³/mol. The maximum Gasteiger partial charge on any atom is 0.268 e. The maximum absolute atomic E-state index is 12.6. The highest BCUT2D eigenvalue weighted by molar-refractivity contribution is 6.31. The summed E-state index contributed by atoms with van der Waals surface area (Å²) in [5.74, 6) is -0.111. The number of hydrogen-bond acceptors (Lipinski definition) is 2. The van der Waals surface area contributed by atoms with Crippen molar-refractivity contribution in [2.24, 2.45) is 12.8 Å². The van der Waals surface area contributed by atoms with E-state index in [-0.39, 0.29) is 11.9 Å². The van der Waals surface area contributed by atoms with Gasteiger partial charge in [-0.2, -0.15) is 0 Å². The topological polar surface area (TPSA) is 60.0 Å². The first-order valence-electron chi connectivity index (χ1n) is 7.84. The van der Waals surface area contributed by atoms with Crippen molar-refractivity contribution >= 4 is 28.4 Å². The summed E-state index contributed by atoms with van der Waals surface area (Å²) in [6.45, 7) is 2.48. The molecule has 0 radical (unpaired) electrons. The predicted octanol–water partition coefficient (Wildman–Crippen LogP) is 3.78. The van der Waals surface area contributed by atoms with Crippen molar-refractivity contribution in [3.05, 3.63) is 70.4 Å². The Balaban J connectivity index is 1.82. The third-order valence-electron chi connectivity index (χ3n) is 4.30. The van der Waals surface area contributed by atoms with Crippen LogP contribution in [0.1, 0.15) is 34.6 Å². The van der Waals surface area contributed by atoms with Gasteiger partial charge in [-0.3, -0.25) is 4.79 Å². The summed E-state index contributed by atoms with van der Waals surface area (Å²) in [5.41, 5.74) is 9.28. The zero-order valence-corrected chi connectivity index (χ0v) is 14.5. The van der Waals surface area contributed by atoms with Crippen molar-refractivity contribution in [1.82, 2.24) is 9.88 Å². The normalized spacial score (nSPS) is 12.3. The average Bonchev–Trinajstić information content (AvgIpc) is 2.91. The van der Waals surface area contributed by atoms with Crippen LogP contribution in [-0.2, 0) is 13.6 Å². The number of carbonyl (C=O) groups excluding carboxylic acids is 1. The molecule has 1 amide bonds. The van der Waals surface area contributed by atoms with E-state index in [0.717, 1.165) is 22.0 Å². The quantitative estimate of drug-likeness (QED) is 0.758. The molecule has 124 valence electrons. The molecule has 1 heterocycles. The fourth-order valence-corrected chi connectivity index (χ4v) is 2.98. The highest BCUT2D eigenvalue weighted by atomic mass is 35.5. The Morgan fingerprint density at radius 2 is 1.92 bits per heavy atom. The van der Waals surface area contributed by atoms with E-state index >= 15 is 0 Å². The van der Waals surface area contributed by atoms with Gasteiger partial charge in [-0.1, -0.05) is 41.9 Å². The van der Waals surface area contributed by atoms with Gasteiger partial charge in [0.25, 0.3) is 5.91 Å². The van der Waals surface area contributed by atoms with Crippen LogP contribution in [0.5, 0.6) is 0 Å². The number of nitrogens with one attached hydrogen (secondary N) is 1. The summed E-state index contributed by atoms with van der Waals surface area (Å²) in [6, 6.07) is 15.4. The first-order valence-corrected chi connectivity index (χ1v) is 8.22. The number of aromatic nitrogens is 1. The first-order chi connectivity index (χ1) is 11.5. The zero-order valence-electron chi connectivity index (χ0n) is 13.7. The number of halogens is 1. The Labute approximate surface area is 146 Å². The lowest BCUT2D eigenvalue weighted by Crippen LogP contribution is -2.28. The number of rotatable bonds is 4. The van der Waals surface area contributed by atoms with E-state index in [1.165, 1.54) is 0 Å². The third kappa shape index (κ3) is 3.16. The second-order valence-electron chi connectivity index (χ2n) is 5.93. The molecule has 0 unspecified atom stereocenters. The van der Waals surface area contributed by atoms with Crippen molar-refractivity contribution in [3.8, 4) is 0 Å². The van der Waals surface area contributed by atoms with Crippen molar-refractivity contribution in [2.75, 3.05) is 0 Å². The summed E-state index contributed by atoms with van der Waals surface area (Å²) >= 11 is 6.05. The molecule has 0 saturated carbocycles. The number of hydrogen-bond donors (Lipinski definition) is 2. The number of amides is 1. The molecule has 3 rings (SSSR count). The highest BCUT2D eigenvalue weighted by Crippen LogP contribution is 2.23. The van der Waals surface area contributed by atoms with E-state index in [0.29, 0.717) is 17.3 Å². The first kappa shape index (κ1) is 16.6. The molecule has 0 bridgehead atoms. The number of aryl methyl sites for hydroxylation is 1. The van der Waals surface area contributed by atoms with Crippen LogP contribution in [0.4, 0.5) is 0 Å². The molecular weight excluding hydrogens is 322 g/mol. The molecule has 0 aliphatic heterocycles. The second kappa shape index (κ2) is 6.67. The van der Waals surface area contributed by atoms with E-state index in [9.17, 15) is 4.79 Å². The summed E-state index contributed by atoms with van der Waals surface area (Å²) in [7, 11) is 1.87. The summed E-state index contributed by atoms with van der Waals surface area (Å²) in [5, 5.41) is 4.69. The summed E-state index contributed by atoms with van der Waals surface area (Å²) in [4.78, 5) is 12.6. The number of nitrogens with zero attached hydrogens (tertiary/aromatic N) is 1. The van der Waals surface area contributed by atoms with Crippen LogP contribution in [0.2, 0.25) is 5.02 Å². The number of benzene rings is 2. The van der Waals surface area contributed by atoms with Crippen molar-refractivity contribution in [3.63, 3.8) is 0 Å². The van der Waals surface area contributed by atoms with E-state index in [2.05, 4.69) is 5.32 Å². The van der Waals surface area contributed by atoms with E-state index in [1.807, 2.05) is 67.1 Å². The van der Waals surface area contributed by atoms with Gasteiger partial charge in [0.15, 0.2) is 0 Å². The van der Waals surface area contributed by atoms with Gasteiger partial charge in [0.2, 0.25) is 0 Å². The molecule has 24 heavy (non-hydrogen) atoms. The molecular formula is C19H20ClN3O. The van der Waals surface area contributed by atoms with Gasteiger partial charge in [-0.15, -0.1) is 0 Å². The standard InChI is InChI=1S/C19H20ClN3O/c1-12(14-5-3-13(11-21)4-6-14)22-19(24)18-9-15-7-8-16(20)10-17(15)23(18)2/h3-10,12H,11,21H2,1-2H3,(H,22,24)/t12-/m1/s1. The summed E-state index contributed by atoms with van der Waals surface area (Å²) < 4.78 is 1.86. The van der Waals surface area contributed by atoms with E-state index in [4.69, 9.17) is 17.3 Å². The molecule has 0 aliphatic rings.